The highest BCUT2D eigenvalue weighted by Gasteiger charge is 2.35. The lowest BCUT2D eigenvalue weighted by Crippen LogP contribution is -2.39. The summed E-state index contributed by atoms with van der Waals surface area (Å²) in [5.41, 5.74) is 5.16. The van der Waals surface area contributed by atoms with Crippen molar-refractivity contribution in [2.24, 2.45) is 0 Å². The molecule has 0 radical (unpaired) electrons. The maximum absolute atomic E-state index is 13.9. The van der Waals surface area contributed by atoms with E-state index in [0.29, 0.717) is 5.56 Å². The molecule has 2 aliphatic rings. The van der Waals surface area contributed by atoms with Crippen molar-refractivity contribution in [2.75, 3.05) is 18.1 Å². The quantitative estimate of drug-likeness (QED) is 0.640. The van der Waals surface area contributed by atoms with Gasteiger partial charge in [0.25, 0.3) is 0 Å². The number of ether oxygens (including phenoxy) is 1. The Labute approximate surface area is 178 Å². The van der Waals surface area contributed by atoms with Crippen molar-refractivity contribution < 1.29 is 23.8 Å². The van der Waals surface area contributed by atoms with Gasteiger partial charge >= 0.3 is 12.1 Å². The molecule has 1 aliphatic carbocycles. The van der Waals surface area contributed by atoms with Crippen LogP contribution in [0.25, 0.3) is 11.1 Å². The predicted molar refractivity (Wildman–Crippen MR) is 114 cm³/mol. The van der Waals surface area contributed by atoms with Crippen molar-refractivity contribution in [3.63, 3.8) is 0 Å². The maximum atomic E-state index is 13.9. The largest absolute Gasteiger partial charge is 0.481 e. The lowest BCUT2D eigenvalue weighted by Gasteiger charge is -2.32. The molecule has 3 aromatic rings. The van der Waals surface area contributed by atoms with E-state index in [1.807, 2.05) is 36.4 Å². The van der Waals surface area contributed by atoms with Gasteiger partial charge in [-0.05, 0) is 46.4 Å². The Morgan fingerprint density at radius 1 is 0.968 bits per heavy atom. The third kappa shape index (κ3) is 3.24. The maximum Gasteiger partial charge on any atom is 0.414 e. The van der Waals surface area contributed by atoms with Crippen molar-refractivity contribution in [1.82, 2.24) is 0 Å². The Morgan fingerprint density at radius 2 is 1.61 bits per heavy atom. The van der Waals surface area contributed by atoms with Gasteiger partial charge in [0.15, 0.2) is 0 Å². The number of nitrogens with zero attached hydrogens (tertiary/aromatic N) is 1. The highest BCUT2D eigenvalue weighted by atomic mass is 19.1. The molecule has 1 amide bonds. The van der Waals surface area contributed by atoms with Crippen molar-refractivity contribution in [3.8, 4) is 11.1 Å². The normalized spacial score (nSPS) is 16.9. The van der Waals surface area contributed by atoms with E-state index in [0.717, 1.165) is 22.3 Å². The average Bonchev–Trinajstić information content (AvgIpc) is 3.10. The number of carbonyl (C=O) groups excluding carboxylic acids is 1. The van der Waals surface area contributed by atoms with E-state index in [9.17, 15) is 19.1 Å². The van der Waals surface area contributed by atoms with Gasteiger partial charge in [0.05, 0.1) is 11.6 Å². The van der Waals surface area contributed by atoms with Gasteiger partial charge in [-0.15, -0.1) is 0 Å². The van der Waals surface area contributed by atoms with E-state index in [4.69, 9.17) is 4.74 Å². The molecule has 0 spiro atoms. The van der Waals surface area contributed by atoms with Gasteiger partial charge in [-0.2, -0.15) is 0 Å². The second-order valence-electron chi connectivity index (χ2n) is 7.84. The van der Waals surface area contributed by atoms with Gasteiger partial charge in [0, 0.05) is 12.5 Å². The van der Waals surface area contributed by atoms with Gasteiger partial charge in [0.1, 0.15) is 12.4 Å². The highest BCUT2D eigenvalue weighted by molar-refractivity contribution is 5.92. The van der Waals surface area contributed by atoms with Crippen LogP contribution in [0.15, 0.2) is 66.7 Å². The number of amides is 1. The molecule has 0 fully saturated rings. The van der Waals surface area contributed by atoms with E-state index in [1.54, 1.807) is 0 Å². The van der Waals surface area contributed by atoms with Gasteiger partial charge < -0.3 is 9.84 Å². The first-order valence-electron chi connectivity index (χ1n) is 10.2. The van der Waals surface area contributed by atoms with Crippen molar-refractivity contribution in [3.05, 3.63) is 89.2 Å². The first kappa shape index (κ1) is 19.3. The Kier molecular flexibility index (Phi) is 4.70. The standard InChI is InChI=1S/C25H20FNO4/c26-15-9-10-20-21(24(28)29)11-12-27(23(20)13-15)25(30)31-14-22-18-7-3-1-5-16(18)17-6-2-4-8-19(17)22/h1-10,13,21-22H,11-12,14H2,(H,28,29). The minimum Gasteiger partial charge on any atom is -0.481 e. The zero-order valence-corrected chi connectivity index (χ0v) is 16.6. The zero-order valence-electron chi connectivity index (χ0n) is 16.6. The molecule has 0 bridgehead atoms. The van der Waals surface area contributed by atoms with E-state index in [-0.39, 0.29) is 31.2 Å². The molecule has 1 atom stereocenters. The van der Waals surface area contributed by atoms with Crippen LogP contribution in [0, 0.1) is 5.82 Å². The molecular weight excluding hydrogens is 397 g/mol. The summed E-state index contributed by atoms with van der Waals surface area (Å²) >= 11 is 0. The van der Waals surface area contributed by atoms with Crippen LogP contribution >= 0.6 is 0 Å². The van der Waals surface area contributed by atoms with Crippen LogP contribution in [0.2, 0.25) is 0 Å². The van der Waals surface area contributed by atoms with E-state index >= 15 is 0 Å². The average molecular weight is 417 g/mol. The molecule has 1 unspecified atom stereocenters. The fourth-order valence-electron chi connectivity index (χ4n) is 4.70. The number of carbonyl (C=O) groups is 2. The smallest absolute Gasteiger partial charge is 0.414 e. The minimum absolute atomic E-state index is 0.0834. The van der Waals surface area contributed by atoms with Gasteiger partial charge in [-0.1, -0.05) is 54.6 Å². The third-order valence-corrected chi connectivity index (χ3v) is 6.15. The Hall–Kier alpha value is -3.67. The molecular formula is C25H20FNO4. The van der Waals surface area contributed by atoms with Crippen molar-refractivity contribution in [1.29, 1.82) is 0 Å². The summed E-state index contributed by atoms with van der Waals surface area (Å²) < 4.78 is 19.6. The Balaban J connectivity index is 1.40. The van der Waals surface area contributed by atoms with Crippen molar-refractivity contribution in [2.45, 2.75) is 18.3 Å². The molecule has 1 N–H and O–H groups in total. The first-order valence-corrected chi connectivity index (χ1v) is 10.2. The predicted octanol–water partition coefficient (Wildman–Crippen LogP) is 5.15. The topological polar surface area (TPSA) is 66.8 Å². The number of fused-ring (bicyclic) bond motifs is 4. The van der Waals surface area contributed by atoms with E-state index < -0.39 is 23.8 Å². The van der Waals surface area contributed by atoms with Crippen LogP contribution < -0.4 is 4.90 Å². The van der Waals surface area contributed by atoms with Gasteiger partial charge in [0.2, 0.25) is 0 Å². The van der Waals surface area contributed by atoms with Gasteiger partial charge in [-0.3, -0.25) is 9.69 Å². The van der Waals surface area contributed by atoms with Crippen LogP contribution in [0.5, 0.6) is 0 Å². The van der Waals surface area contributed by atoms with Crippen LogP contribution in [0.3, 0.4) is 0 Å². The number of hydrogen-bond acceptors (Lipinski definition) is 3. The lowest BCUT2D eigenvalue weighted by atomic mass is 9.90. The summed E-state index contributed by atoms with van der Waals surface area (Å²) in [4.78, 5) is 25.9. The number of halogens is 1. The number of anilines is 1. The Morgan fingerprint density at radius 3 is 2.26 bits per heavy atom. The number of carboxylic acid groups (broad SMARTS) is 1. The molecule has 1 heterocycles. The number of rotatable bonds is 3. The summed E-state index contributed by atoms with van der Waals surface area (Å²) in [5, 5.41) is 9.48. The molecule has 1 aliphatic heterocycles. The summed E-state index contributed by atoms with van der Waals surface area (Å²) in [6, 6.07) is 20.0. The Bertz CT molecular complexity index is 1150. The number of hydrogen-bond donors (Lipinski definition) is 1. The molecule has 156 valence electrons. The van der Waals surface area contributed by atoms with E-state index in [2.05, 4.69) is 12.1 Å². The number of carboxylic acids is 1. The fourth-order valence-corrected chi connectivity index (χ4v) is 4.70. The molecule has 31 heavy (non-hydrogen) atoms. The molecule has 0 saturated carbocycles. The minimum atomic E-state index is -0.986. The van der Waals surface area contributed by atoms with Crippen LogP contribution in [0.1, 0.15) is 34.9 Å². The summed E-state index contributed by atoms with van der Waals surface area (Å²) in [5.74, 6) is -2.37. The highest BCUT2D eigenvalue weighted by Crippen LogP contribution is 2.44. The number of benzene rings is 3. The monoisotopic (exact) mass is 417 g/mol. The SMILES string of the molecule is O=C(O)C1CCN(C(=O)OCC2c3ccccc3-c3ccccc32)c2cc(F)ccc21. The summed E-state index contributed by atoms with van der Waals surface area (Å²) in [6.45, 7) is 0.306. The van der Waals surface area contributed by atoms with Crippen LogP contribution in [0.4, 0.5) is 14.9 Å². The third-order valence-electron chi connectivity index (χ3n) is 6.15. The second-order valence-corrected chi connectivity index (χ2v) is 7.84. The van der Waals surface area contributed by atoms with Crippen LogP contribution in [-0.2, 0) is 9.53 Å². The summed E-state index contributed by atoms with van der Waals surface area (Å²) in [6.07, 6.45) is -0.351. The molecule has 6 heteroatoms. The second kappa shape index (κ2) is 7.54. The fraction of sp³-hybridized carbons (Fsp3) is 0.200. The molecule has 5 rings (SSSR count). The molecule has 0 saturated heterocycles. The lowest BCUT2D eigenvalue weighted by molar-refractivity contribution is -0.139. The zero-order chi connectivity index (χ0) is 21.5. The first-order chi connectivity index (χ1) is 15.0. The molecule has 0 aromatic heterocycles. The van der Waals surface area contributed by atoms with Gasteiger partial charge in [-0.25, -0.2) is 9.18 Å². The van der Waals surface area contributed by atoms with E-state index in [1.165, 1.54) is 23.1 Å². The molecule has 5 nitrogen and oxygen atoms in total. The van der Waals surface area contributed by atoms with Crippen molar-refractivity contribution >= 4 is 17.7 Å². The van der Waals surface area contributed by atoms with Crippen LogP contribution in [-0.4, -0.2) is 30.3 Å². The summed E-state index contributed by atoms with van der Waals surface area (Å²) in [7, 11) is 0. The molecule has 3 aromatic carbocycles. The number of aliphatic carboxylic acids is 1.